The van der Waals surface area contributed by atoms with E-state index in [4.69, 9.17) is 17.0 Å². The number of rotatable bonds is 7. The van der Waals surface area contributed by atoms with Crippen LogP contribution in [0.1, 0.15) is 70.6 Å². The van der Waals surface area contributed by atoms with Gasteiger partial charge in [-0.15, -0.1) is 0 Å². The van der Waals surface area contributed by atoms with Gasteiger partial charge < -0.3 is 24.6 Å². The van der Waals surface area contributed by atoms with Gasteiger partial charge in [-0.2, -0.15) is 0 Å². The van der Waals surface area contributed by atoms with E-state index in [1.165, 1.54) is 4.90 Å². The summed E-state index contributed by atoms with van der Waals surface area (Å²) in [6, 6.07) is 17.7. The van der Waals surface area contributed by atoms with Gasteiger partial charge in [-0.1, -0.05) is 55.3 Å². The van der Waals surface area contributed by atoms with Crippen molar-refractivity contribution in [3.05, 3.63) is 89.2 Å². The third-order valence-electron chi connectivity index (χ3n) is 6.74. The number of hydrogen-bond acceptors (Lipinski definition) is 5. The molecule has 1 aliphatic rings. The van der Waals surface area contributed by atoms with Crippen LogP contribution in [0, 0.1) is 0 Å². The van der Waals surface area contributed by atoms with Crippen LogP contribution in [0.5, 0.6) is 0 Å². The molecule has 1 atom stereocenters. The van der Waals surface area contributed by atoms with Crippen molar-refractivity contribution in [2.75, 3.05) is 18.1 Å². The number of H-pyrrole nitrogens is 1. The van der Waals surface area contributed by atoms with Crippen molar-refractivity contribution in [3.8, 4) is 0 Å². The van der Waals surface area contributed by atoms with E-state index in [9.17, 15) is 19.5 Å². The normalized spacial score (nSPS) is 15.2. The zero-order chi connectivity index (χ0) is 27.8. The van der Waals surface area contributed by atoms with Crippen LogP contribution in [0.3, 0.4) is 0 Å². The standard InChI is InChI=1S/C29H32N4O5S/c1-2-38-27(35)25-24(16-17-30-25)33(28(39)31-26(34)20-11-5-3-6-12-20)19-21-13-8-9-14-22(21)23-15-7-4-10-18-32(23)29(36)37/h3,5-6,8-9,11-14,16-17,23,30H,2,4,7,10,15,18-19H2,1H3,(H,36,37)(H,31,34,39). The van der Waals surface area contributed by atoms with E-state index in [0.29, 0.717) is 24.2 Å². The molecule has 1 aliphatic heterocycles. The summed E-state index contributed by atoms with van der Waals surface area (Å²) in [5, 5.41) is 12.8. The minimum atomic E-state index is -0.950. The summed E-state index contributed by atoms with van der Waals surface area (Å²) in [6.07, 6.45) is 4.07. The van der Waals surface area contributed by atoms with Crippen molar-refractivity contribution in [1.29, 1.82) is 0 Å². The Hall–Kier alpha value is -4.18. The molecule has 10 heteroatoms. The number of carbonyl (C=O) groups is 3. The monoisotopic (exact) mass is 548 g/mol. The zero-order valence-electron chi connectivity index (χ0n) is 21.8. The van der Waals surface area contributed by atoms with Crippen LogP contribution in [0.15, 0.2) is 66.9 Å². The summed E-state index contributed by atoms with van der Waals surface area (Å²) in [7, 11) is 0. The van der Waals surface area contributed by atoms with Crippen molar-refractivity contribution in [1.82, 2.24) is 15.2 Å². The van der Waals surface area contributed by atoms with E-state index in [-0.39, 0.29) is 35.9 Å². The van der Waals surface area contributed by atoms with Gasteiger partial charge in [-0.3, -0.25) is 10.1 Å². The maximum atomic E-state index is 13.0. The van der Waals surface area contributed by atoms with Gasteiger partial charge >= 0.3 is 12.1 Å². The number of nitrogens with zero attached hydrogens (tertiary/aromatic N) is 2. The zero-order valence-corrected chi connectivity index (χ0v) is 22.6. The molecule has 1 fully saturated rings. The van der Waals surface area contributed by atoms with Crippen molar-refractivity contribution in [3.63, 3.8) is 0 Å². The summed E-state index contributed by atoms with van der Waals surface area (Å²) < 4.78 is 5.23. The number of amides is 2. The lowest BCUT2D eigenvalue weighted by Gasteiger charge is -2.31. The first-order chi connectivity index (χ1) is 18.9. The highest BCUT2D eigenvalue weighted by atomic mass is 32.1. The van der Waals surface area contributed by atoms with E-state index in [1.807, 2.05) is 30.3 Å². The van der Waals surface area contributed by atoms with E-state index in [2.05, 4.69) is 10.3 Å². The van der Waals surface area contributed by atoms with Crippen LogP contribution in [-0.4, -0.2) is 51.2 Å². The molecular weight excluding hydrogens is 516 g/mol. The molecule has 0 aliphatic carbocycles. The molecule has 9 nitrogen and oxygen atoms in total. The molecular formula is C29H32N4O5S. The van der Waals surface area contributed by atoms with Gasteiger partial charge in [0.25, 0.3) is 5.91 Å². The Morgan fingerprint density at radius 2 is 1.82 bits per heavy atom. The average molecular weight is 549 g/mol. The van der Waals surface area contributed by atoms with E-state index < -0.39 is 12.1 Å². The van der Waals surface area contributed by atoms with Crippen molar-refractivity contribution in [2.45, 2.75) is 45.2 Å². The van der Waals surface area contributed by atoms with E-state index in [1.54, 1.807) is 48.4 Å². The molecule has 2 amide bonds. The Labute approximate surface area is 232 Å². The fourth-order valence-corrected chi connectivity index (χ4v) is 5.14. The molecule has 2 heterocycles. The Balaban J connectivity index is 1.72. The lowest BCUT2D eigenvalue weighted by molar-refractivity contribution is 0.0521. The Morgan fingerprint density at radius 3 is 2.56 bits per heavy atom. The second-order valence-corrected chi connectivity index (χ2v) is 9.60. The molecule has 1 saturated heterocycles. The second kappa shape index (κ2) is 13.1. The molecule has 4 rings (SSSR count). The number of aromatic nitrogens is 1. The number of carboxylic acid groups (broad SMARTS) is 1. The molecule has 0 bridgehead atoms. The molecule has 3 N–H and O–H groups in total. The summed E-state index contributed by atoms with van der Waals surface area (Å²) in [5.41, 5.74) is 2.79. The fourth-order valence-electron chi connectivity index (χ4n) is 4.88. The number of likely N-dealkylation sites (tertiary alicyclic amines) is 1. The summed E-state index contributed by atoms with van der Waals surface area (Å²) in [4.78, 5) is 44.0. The summed E-state index contributed by atoms with van der Waals surface area (Å²) in [6.45, 7) is 2.58. The number of nitrogens with one attached hydrogen (secondary N) is 2. The van der Waals surface area contributed by atoms with E-state index in [0.717, 1.165) is 30.4 Å². The number of esters is 1. The quantitative estimate of drug-likeness (QED) is 0.264. The van der Waals surface area contributed by atoms with Crippen LogP contribution in [-0.2, 0) is 11.3 Å². The highest BCUT2D eigenvalue weighted by molar-refractivity contribution is 7.80. The van der Waals surface area contributed by atoms with Gasteiger partial charge in [0.05, 0.1) is 24.9 Å². The lowest BCUT2D eigenvalue weighted by atomic mass is 9.95. The second-order valence-electron chi connectivity index (χ2n) is 9.21. The minimum absolute atomic E-state index is 0.0970. The summed E-state index contributed by atoms with van der Waals surface area (Å²) in [5.74, 6) is -0.929. The summed E-state index contributed by atoms with van der Waals surface area (Å²) >= 11 is 5.72. The van der Waals surface area contributed by atoms with Gasteiger partial charge in [-0.05, 0) is 61.3 Å². The number of benzene rings is 2. The van der Waals surface area contributed by atoms with Gasteiger partial charge in [0.15, 0.2) is 5.11 Å². The fraction of sp³-hybridized carbons (Fsp3) is 0.310. The third kappa shape index (κ3) is 6.64. The minimum Gasteiger partial charge on any atom is -0.465 e. The molecule has 0 spiro atoms. The number of thiocarbonyl (C=S) groups is 1. The maximum absolute atomic E-state index is 13.0. The van der Waals surface area contributed by atoms with E-state index >= 15 is 0 Å². The van der Waals surface area contributed by atoms with Crippen molar-refractivity contribution in [2.24, 2.45) is 0 Å². The number of carbonyl (C=O) groups excluding carboxylic acids is 2. The van der Waals surface area contributed by atoms with Crippen molar-refractivity contribution >= 4 is 41.0 Å². The predicted molar refractivity (Wildman–Crippen MR) is 152 cm³/mol. The Bertz CT molecular complexity index is 1330. The van der Waals surface area contributed by atoms with Crippen LogP contribution in [0.2, 0.25) is 0 Å². The lowest BCUT2D eigenvalue weighted by Crippen LogP contribution is -2.43. The highest BCUT2D eigenvalue weighted by Gasteiger charge is 2.30. The molecule has 2 aromatic carbocycles. The average Bonchev–Trinajstić information content (AvgIpc) is 3.29. The SMILES string of the molecule is CCOC(=O)c1[nH]ccc1N(Cc1ccccc1C1CCCCCN1C(=O)O)C(=S)NC(=O)c1ccccc1. The molecule has 0 radical (unpaired) electrons. The Kier molecular flexibility index (Phi) is 9.32. The van der Waals surface area contributed by atoms with Crippen molar-refractivity contribution < 1.29 is 24.2 Å². The maximum Gasteiger partial charge on any atom is 0.407 e. The number of anilines is 1. The van der Waals surface area contributed by atoms with Crippen LogP contribution < -0.4 is 10.2 Å². The molecule has 204 valence electrons. The Morgan fingerprint density at radius 1 is 1.08 bits per heavy atom. The first kappa shape index (κ1) is 27.8. The smallest absolute Gasteiger partial charge is 0.407 e. The number of ether oxygens (including phenoxy) is 1. The first-order valence-corrected chi connectivity index (χ1v) is 13.4. The van der Waals surface area contributed by atoms with Gasteiger partial charge in [-0.25, -0.2) is 9.59 Å². The van der Waals surface area contributed by atoms with Gasteiger partial charge in [0.1, 0.15) is 5.69 Å². The molecule has 0 saturated carbocycles. The number of hydrogen-bond donors (Lipinski definition) is 3. The molecule has 3 aromatic rings. The third-order valence-corrected chi connectivity index (χ3v) is 7.06. The first-order valence-electron chi connectivity index (χ1n) is 13.0. The van der Waals surface area contributed by atoms with Gasteiger partial charge in [0, 0.05) is 18.3 Å². The predicted octanol–water partition coefficient (Wildman–Crippen LogP) is 5.51. The van der Waals surface area contributed by atoms with Crippen LogP contribution in [0.25, 0.3) is 0 Å². The number of aromatic amines is 1. The largest absolute Gasteiger partial charge is 0.465 e. The highest BCUT2D eigenvalue weighted by Crippen LogP contribution is 2.34. The molecule has 39 heavy (non-hydrogen) atoms. The topological polar surface area (TPSA) is 115 Å². The van der Waals surface area contributed by atoms with Gasteiger partial charge in [0.2, 0.25) is 0 Å². The van der Waals surface area contributed by atoms with Crippen LogP contribution >= 0.6 is 12.2 Å². The van der Waals surface area contributed by atoms with Crippen LogP contribution in [0.4, 0.5) is 10.5 Å². The molecule has 1 unspecified atom stereocenters. The molecule has 1 aromatic heterocycles.